The summed E-state index contributed by atoms with van der Waals surface area (Å²) >= 11 is 0. The van der Waals surface area contributed by atoms with E-state index in [1.54, 1.807) is 72.8 Å². The monoisotopic (exact) mass is 383 g/mol. The number of Topliss-reactive ketones (excluding diaryl/α,β-unsaturated/α-hetero) is 1. The summed E-state index contributed by atoms with van der Waals surface area (Å²) in [5, 5.41) is 12.2. The molecular formula is C23H17N3O3. The fourth-order valence-electron chi connectivity index (χ4n) is 3.95. The first-order chi connectivity index (χ1) is 14.0. The first-order valence-corrected chi connectivity index (χ1v) is 9.22. The van der Waals surface area contributed by atoms with E-state index in [0.717, 1.165) is 0 Å². The predicted octanol–water partition coefficient (Wildman–Crippen LogP) is 2.79. The SMILES string of the molecule is Nc1ccc(C(=O)CC2(O)c3ccccc3-n3c2nc2ccccc2c3=O)cc1. The van der Waals surface area contributed by atoms with Gasteiger partial charge in [-0.3, -0.25) is 14.2 Å². The molecule has 1 aliphatic rings. The highest BCUT2D eigenvalue weighted by atomic mass is 16.3. The van der Waals surface area contributed by atoms with Crippen molar-refractivity contribution < 1.29 is 9.90 Å². The molecule has 29 heavy (non-hydrogen) atoms. The molecule has 1 aliphatic heterocycles. The van der Waals surface area contributed by atoms with Crippen molar-refractivity contribution in [3.63, 3.8) is 0 Å². The Bertz CT molecular complexity index is 1340. The smallest absolute Gasteiger partial charge is 0.266 e. The second kappa shape index (κ2) is 6.12. The Hall–Kier alpha value is -3.77. The van der Waals surface area contributed by atoms with Crippen LogP contribution in [0, 0.1) is 0 Å². The van der Waals surface area contributed by atoms with Crippen LogP contribution in [0.5, 0.6) is 0 Å². The zero-order valence-electron chi connectivity index (χ0n) is 15.4. The first-order valence-electron chi connectivity index (χ1n) is 9.22. The zero-order valence-corrected chi connectivity index (χ0v) is 15.4. The molecule has 3 aromatic carbocycles. The summed E-state index contributed by atoms with van der Waals surface area (Å²) in [5.74, 6) is -0.107. The molecule has 142 valence electrons. The van der Waals surface area contributed by atoms with Gasteiger partial charge in [0, 0.05) is 16.8 Å². The number of benzene rings is 3. The predicted molar refractivity (Wildman–Crippen MR) is 110 cm³/mol. The van der Waals surface area contributed by atoms with Crippen LogP contribution in [0.1, 0.15) is 28.2 Å². The molecule has 0 amide bonds. The average Bonchev–Trinajstić information content (AvgIpc) is 2.98. The van der Waals surface area contributed by atoms with Gasteiger partial charge in [0.15, 0.2) is 17.2 Å². The molecule has 1 unspecified atom stereocenters. The van der Waals surface area contributed by atoms with E-state index in [1.807, 2.05) is 0 Å². The Morgan fingerprint density at radius 3 is 2.48 bits per heavy atom. The average molecular weight is 383 g/mol. The lowest BCUT2D eigenvalue weighted by molar-refractivity contribution is 0.0562. The van der Waals surface area contributed by atoms with Crippen molar-refractivity contribution in [2.75, 3.05) is 5.73 Å². The van der Waals surface area contributed by atoms with Gasteiger partial charge in [0.1, 0.15) is 0 Å². The summed E-state index contributed by atoms with van der Waals surface area (Å²) in [7, 11) is 0. The number of ketones is 1. The number of aromatic nitrogens is 2. The van der Waals surface area contributed by atoms with Crippen LogP contribution in [0.25, 0.3) is 16.6 Å². The lowest BCUT2D eigenvalue weighted by atomic mass is 9.87. The van der Waals surface area contributed by atoms with Crippen molar-refractivity contribution >= 4 is 22.4 Å². The summed E-state index contributed by atoms with van der Waals surface area (Å²) in [4.78, 5) is 30.7. The zero-order chi connectivity index (χ0) is 20.2. The Morgan fingerprint density at radius 2 is 1.69 bits per heavy atom. The third-order valence-electron chi connectivity index (χ3n) is 5.39. The summed E-state index contributed by atoms with van der Waals surface area (Å²) < 4.78 is 1.41. The van der Waals surface area contributed by atoms with E-state index in [1.165, 1.54) is 4.57 Å². The van der Waals surface area contributed by atoms with Crippen molar-refractivity contribution in [3.8, 4) is 5.69 Å². The molecule has 6 heteroatoms. The van der Waals surface area contributed by atoms with Crippen molar-refractivity contribution in [2.45, 2.75) is 12.0 Å². The van der Waals surface area contributed by atoms with Gasteiger partial charge in [-0.05, 0) is 42.5 Å². The molecule has 0 spiro atoms. The van der Waals surface area contributed by atoms with Gasteiger partial charge >= 0.3 is 0 Å². The molecule has 0 fully saturated rings. The number of anilines is 1. The van der Waals surface area contributed by atoms with E-state index in [4.69, 9.17) is 5.73 Å². The Kier molecular flexibility index (Phi) is 3.66. The maximum absolute atomic E-state index is 13.2. The lowest BCUT2D eigenvalue weighted by Crippen LogP contribution is -2.32. The fraction of sp³-hybridized carbons (Fsp3) is 0.0870. The molecule has 0 saturated carbocycles. The van der Waals surface area contributed by atoms with Crippen LogP contribution in [-0.2, 0) is 5.60 Å². The third kappa shape index (κ3) is 2.50. The maximum atomic E-state index is 13.2. The standard InChI is InChI=1S/C23H17N3O3/c24-15-11-9-14(10-12-15)20(27)13-23(29)17-6-2-4-8-19(17)26-21(28)16-5-1-3-7-18(16)25-22(23)26/h1-12,29H,13,24H2. The van der Waals surface area contributed by atoms with Crippen molar-refractivity contribution in [2.24, 2.45) is 0 Å². The van der Waals surface area contributed by atoms with Crippen LogP contribution in [0.3, 0.4) is 0 Å². The van der Waals surface area contributed by atoms with Crippen molar-refractivity contribution in [3.05, 3.63) is 100 Å². The minimum Gasteiger partial charge on any atom is -0.399 e. The van der Waals surface area contributed by atoms with Gasteiger partial charge in [0.05, 0.1) is 23.0 Å². The number of rotatable bonds is 3. The van der Waals surface area contributed by atoms with Crippen LogP contribution in [0.2, 0.25) is 0 Å². The van der Waals surface area contributed by atoms with Gasteiger partial charge < -0.3 is 10.8 Å². The number of hydrogen-bond donors (Lipinski definition) is 2. The highest BCUT2D eigenvalue weighted by molar-refractivity contribution is 5.97. The van der Waals surface area contributed by atoms with Gasteiger partial charge in [-0.1, -0.05) is 30.3 Å². The van der Waals surface area contributed by atoms with Crippen LogP contribution < -0.4 is 11.3 Å². The Balaban J connectivity index is 1.72. The van der Waals surface area contributed by atoms with E-state index in [0.29, 0.717) is 33.4 Å². The van der Waals surface area contributed by atoms with E-state index in [-0.39, 0.29) is 23.6 Å². The normalized spacial score (nSPS) is 17.1. The van der Waals surface area contributed by atoms with Crippen LogP contribution in [0.15, 0.2) is 77.6 Å². The van der Waals surface area contributed by atoms with Gasteiger partial charge in [0.25, 0.3) is 5.56 Å². The van der Waals surface area contributed by atoms with Crippen molar-refractivity contribution in [1.29, 1.82) is 0 Å². The number of fused-ring (bicyclic) bond motifs is 4. The number of para-hydroxylation sites is 2. The van der Waals surface area contributed by atoms with E-state index < -0.39 is 5.60 Å². The van der Waals surface area contributed by atoms with E-state index in [9.17, 15) is 14.7 Å². The number of nitrogens with two attached hydrogens (primary N) is 1. The summed E-state index contributed by atoms with van der Waals surface area (Å²) in [6.07, 6.45) is -0.237. The fourth-order valence-corrected chi connectivity index (χ4v) is 3.95. The third-order valence-corrected chi connectivity index (χ3v) is 5.39. The molecule has 0 bridgehead atoms. The highest BCUT2D eigenvalue weighted by Crippen LogP contribution is 2.42. The quantitative estimate of drug-likeness (QED) is 0.419. The maximum Gasteiger partial charge on any atom is 0.266 e. The Labute approximate surface area is 165 Å². The minimum atomic E-state index is -1.71. The highest BCUT2D eigenvalue weighted by Gasteiger charge is 2.46. The largest absolute Gasteiger partial charge is 0.399 e. The number of nitrogens with zero attached hydrogens (tertiary/aromatic N) is 2. The summed E-state index contributed by atoms with van der Waals surface area (Å²) in [6.45, 7) is 0. The molecule has 4 aromatic rings. The summed E-state index contributed by atoms with van der Waals surface area (Å²) in [6, 6.07) is 20.6. The number of carbonyl (C=O) groups excluding carboxylic acids is 1. The molecule has 6 nitrogen and oxygen atoms in total. The Morgan fingerprint density at radius 1 is 1.00 bits per heavy atom. The van der Waals surface area contributed by atoms with Crippen LogP contribution >= 0.6 is 0 Å². The molecule has 1 aromatic heterocycles. The molecule has 3 N–H and O–H groups in total. The number of hydrogen-bond acceptors (Lipinski definition) is 5. The molecule has 0 aliphatic carbocycles. The molecule has 1 atom stereocenters. The van der Waals surface area contributed by atoms with Gasteiger partial charge in [0.2, 0.25) is 0 Å². The molecule has 0 radical (unpaired) electrons. The minimum absolute atomic E-state index is 0.159. The van der Waals surface area contributed by atoms with Crippen LogP contribution in [-0.4, -0.2) is 20.4 Å². The molecule has 2 heterocycles. The topological polar surface area (TPSA) is 98.2 Å². The van der Waals surface area contributed by atoms with Gasteiger partial charge in [-0.15, -0.1) is 0 Å². The molecular weight excluding hydrogens is 366 g/mol. The number of carbonyl (C=O) groups is 1. The lowest BCUT2D eigenvalue weighted by Gasteiger charge is -2.23. The van der Waals surface area contributed by atoms with E-state index in [2.05, 4.69) is 4.98 Å². The van der Waals surface area contributed by atoms with Crippen molar-refractivity contribution in [1.82, 2.24) is 9.55 Å². The molecule has 5 rings (SSSR count). The summed E-state index contributed by atoms with van der Waals surface area (Å²) in [5.41, 5.74) is 6.22. The second-order valence-electron chi connectivity index (χ2n) is 7.19. The number of nitrogen functional groups attached to an aromatic ring is 1. The number of aliphatic hydroxyl groups is 1. The van der Waals surface area contributed by atoms with Crippen LogP contribution in [0.4, 0.5) is 5.69 Å². The van der Waals surface area contributed by atoms with E-state index >= 15 is 0 Å². The van der Waals surface area contributed by atoms with Gasteiger partial charge in [-0.2, -0.15) is 0 Å². The first kappa shape index (κ1) is 17.3. The van der Waals surface area contributed by atoms with Gasteiger partial charge in [-0.25, -0.2) is 4.98 Å². The molecule has 0 saturated heterocycles. The second-order valence-corrected chi connectivity index (χ2v) is 7.19.